The number of nitrogens with one attached hydrogen (secondary N) is 1. The molecule has 2 aliphatic rings. The molecule has 6 rings (SSSR count). The highest BCUT2D eigenvalue weighted by atomic mass is 32.2. The predicted molar refractivity (Wildman–Crippen MR) is 188 cm³/mol. The van der Waals surface area contributed by atoms with Crippen LogP contribution in [0.1, 0.15) is 72.1 Å². The van der Waals surface area contributed by atoms with Gasteiger partial charge in [-0.05, 0) is 82.5 Å². The van der Waals surface area contributed by atoms with Gasteiger partial charge in [-0.15, -0.1) is 0 Å². The van der Waals surface area contributed by atoms with Gasteiger partial charge in [0.15, 0.2) is 9.84 Å². The number of alkyl halides is 3. The fraction of sp³-hybridized carbons (Fsp3) is 0.421. The van der Waals surface area contributed by atoms with E-state index >= 15 is 0 Å². The number of aromatic nitrogens is 1. The number of carbonyl (C=O) groups is 1. The lowest BCUT2D eigenvalue weighted by atomic mass is 9.93. The lowest BCUT2D eigenvalue weighted by molar-refractivity contribution is -0.137. The number of rotatable bonds is 9. The van der Waals surface area contributed by atoms with Gasteiger partial charge in [-0.1, -0.05) is 48.9 Å². The zero-order chi connectivity index (χ0) is 35.6. The average Bonchev–Trinajstić information content (AvgIpc) is 3.11. The van der Waals surface area contributed by atoms with E-state index in [9.17, 15) is 26.4 Å². The molecule has 8 nitrogen and oxygen atoms in total. The molecular weight excluding hydrogens is 666 g/mol. The molecule has 12 heteroatoms. The number of hydrogen-bond donors (Lipinski definition) is 1. The highest BCUT2D eigenvalue weighted by molar-refractivity contribution is 7.90. The van der Waals surface area contributed by atoms with Gasteiger partial charge in [-0.2, -0.15) is 13.2 Å². The first-order valence-corrected chi connectivity index (χ1v) is 19.0. The van der Waals surface area contributed by atoms with Crippen LogP contribution in [0.25, 0.3) is 22.2 Å². The van der Waals surface area contributed by atoms with E-state index in [2.05, 4.69) is 15.1 Å². The van der Waals surface area contributed by atoms with Crippen LogP contribution in [0.4, 0.5) is 13.2 Å². The van der Waals surface area contributed by atoms with Crippen LogP contribution in [-0.2, 0) is 22.6 Å². The quantitative estimate of drug-likeness (QED) is 0.196. The first-order valence-electron chi connectivity index (χ1n) is 17.1. The van der Waals surface area contributed by atoms with Gasteiger partial charge in [0, 0.05) is 41.4 Å². The van der Waals surface area contributed by atoms with Gasteiger partial charge in [0.25, 0.3) is 5.91 Å². The normalized spacial score (nSPS) is 17.5. The van der Waals surface area contributed by atoms with E-state index in [-0.39, 0.29) is 44.9 Å². The van der Waals surface area contributed by atoms with Crippen molar-refractivity contribution in [3.8, 4) is 17.0 Å². The third-order valence-electron chi connectivity index (χ3n) is 9.95. The molecule has 2 fully saturated rings. The molecule has 4 aromatic rings. The predicted octanol–water partition coefficient (Wildman–Crippen LogP) is 7.27. The molecular formula is C38H43F3N4O4S. The number of benzene rings is 3. The maximum Gasteiger partial charge on any atom is 0.416 e. The molecule has 1 N–H and O–H groups in total. The van der Waals surface area contributed by atoms with Gasteiger partial charge in [0.05, 0.1) is 35.5 Å². The maximum absolute atomic E-state index is 14.6. The lowest BCUT2D eigenvalue weighted by Gasteiger charge is -2.40. The van der Waals surface area contributed by atoms with Crippen molar-refractivity contribution in [1.29, 1.82) is 0 Å². The third kappa shape index (κ3) is 7.82. The van der Waals surface area contributed by atoms with Crippen molar-refractivity contribution in [2.75, 3.05) is 39.5 Å². The minimum Gasteiger partial charge on any atom is -0.495 e. The third-order valence-corrected chi connectivity index (χ3v) is 11.1. The van der Waals surface area contributed by atoms with Crippen LogP contribution in [-0.4, -0.2) is 74.7 Å². The van der Waals surface area contributed by atoms with Crippen molar-refractivity contribution < 1.29 is 31.1 Å². The summed E-state index contributed by atoms with van der Waals surface area (Å²) < 4.78 is 73.4. The number of sulfone groups is 1. The van der Waals surface area contributed by atoms with E-state index in [0.717, 1.165) is 63.0 Å². The Morgan fingerprint density at radius 2 is 1.68 bits per heavy atom. The zero-order valence-corrected chi connectivity index (χ0v) is 29.4. The number of amides is 1. The number of hydrogen-bond acceptors (Lipinski definition) is 7. The molecule has 266 valence electrons. The van der Waals surface area contributed by atoms with Crippen molar-refractivity contribution in [2.24, 2.45) is 0 Å². The lowest BCUT2D eigenvalue weighted by Crippen LogP contribution is -2.46. The van der Waals surface area contributed by atoms with Gasteiger partial charge in [-0.25, -0.2) is 13.4 Å². The number of halogens is 3. The summed E-state index contributed by atoms with van der Waals surface area (Å²) in [6, 6.07) is 17.2. The molecule has 3 heterocycles. The Balaban J connectivity index is 1.52. The van der Waals surface area contributed by atoms with Crippen molar-refractivity contribution in [2.45, 2.75) is 68.7 Å². The van der Waals surface area contributed by atoms with Crippen molar-refractivity contribution in [1.82, 2.24) is 20.1 Å². The van der Waals surface area contributed by atoms with Gasteiger partial charge < -0.3 is 15.0 Å². The van der Waals surface area contributed by atoms with Crippen LogP contribution in [0.3, 0.4) is 0 Å². The molecule has 1 atom stereocenters. The monoisotopic (exact) mass is 708 g/mol. The second-order valence-electron chi connectivity index (χ2n) is 13.4. The first kappa shape index (κ1) is 35.8. The highest BCUT2D eigenvalue weighted by Crippen LogP contribution is 2.39. The van der Waals surface area contributed by atoms with Crippen molar-refractivity contribution in [3.63, 3.8) is 0 Å². The van der Waals surface area contributed by atoms with E-state index in [1.807, 2.05) is 37.3 Å². The van der Waals surface area contributed by atoms with Crippen LogP contribution in [0.2, 0.25) is 0 Å². The van der Waals surface area contributed by atoms with E-state index in [1.54, 1.807) is 6.07 Å². The molecule has 0 aliphatic carbocycles. The zero-order valence-electron chi connectivity index (χ0n) is 28.6. The Hall–Kier alpha value is -4.00. The highest BCUT2D eigenvalue weighted by Gasteiger charge is 2.33. The van der Waals surface area contributed by atoms with Crippen molar-refractivity contribution >= 4 is 26.6 Å². The van der Waals surface area contributed by atoms with Gasteiger partial charge in [0.1, 0.15) is 10.6 Å². The number of ether oxygens (including phenoxy) is 1. The number of methoxy groups -OCH3 is 1. The van der Waals surface area contributed by atoms with E-state index in [1.165, 1.54) is 44.6 Å². The molecule has 2 saturated heterocycles. The summed E-state index contributed by atoms with van der Waals surface area (Å²) in [7, 11) is -2.48. The summed E-state index contributed by atoms with van der Waals surface area (Å²) >= 11 is 0. The summed E-state index contributed by atoms with van der Waals surface area (Å²) in [4.78, 5) is 24.1. The largest absolute Gasteiger partial charge is 0.495 e. The first-order chi connectivity index (χ1) is 23.8. The summed E-state index contributed by atoms with van der Waals surface area (Å²) in [5, 5.41) is 3.36. The fourth-order valence-corrected chi connectivity index (χ4v) is 8.14. The minimum atomic E-state index is -4.59. The molecule has 1 aromatic heterocycles. The Morgan fingerprint density at radius 1 is 0.980 bits per heavy atom. The second kappa shape index (κ2) is 14.7. The molecule has 0 unspecified atom stereocenters. The number of carbonyl (C=O) groups excluding carboxylic acids is 1. The smallest absolute Gasteiger partial charge is 0.416 e. The van der Waals surface area contributed by atoms with E-state index < -0.39 is 33.5 Å². The topological polar surface area (TPSA) is 91.8 Å². The van der Waals surface area contributed by atoms with Crippen LogP contribution in [0.15, 0.2) is 71.6 Å². The maximum atomic E-state index is 14.6. The molecule has 2 aliphatic heterocycles. The van der Waals surface area contributed by atoms with Crippen LogP contribution in [0, 0.1) is 0 Å². The minimum absolute atomic E-state index is 0.0269. The number of nitrogens with zero attached hydrogens (tertiary/aromatic N) is 3. The fourth-order valence-electron chi connectivity index (χ4n) is 7.30. The molecule has 50 heavy (non-hydrogen) atoms. The Kier molecular flexibility index (Phi) is 10.5. The summed E-state index contributed by atoms with van der Waals surface area (Å²) in [6.07, 6.45) is 1.98. The van der Waals surface area contributed by atoms with Gasteiger partial charge >= 0.3 is 6.18 Å². The summed E-state index contributed by atoms with van der Waals surface area (Å²) in [5.41, 5.74) is 1.30. The Morgan fingerprint density at radius 3 is 2.32 bits per heavy atom. The van der Waals surface area contributed by atoms with E-state index in [4.69, 9.17) is 9.72 Å². The SMILES string of the molecule is COc1cc2nc(-c3cccc(C(F)(F)F)c3)c(CN3CCC(N4CCCCC4)CC3)c(C(=O)N[C@@H](C)c3ccccc3)c2cc1S(C)(=O)=O. The Bertz CT molecular complexity index is 1960. The molecule has 0 saturated carbocycles. The van der Waals surface area contributed by atoms with Crippen LogP contribution >= 0.6 is 0 Å². The molecule has 3 aromatic carbocycles. The molecule has 0 spiro atoms. The summed E-state index contributed by atoms with van der Waals surface area (Å²) in [5.74, 6) is -0.455. The number of likely N-dealkylation sites (tertiary alicyclic amines) is 2. The number of pyridine rings is 1. The molecule has 1 amide bonds. The number of fused-ring (bicyclic) bond motifs is 1. The number of piperidine rings is 2. The average molecular weight is 709 g/mol. The van der Waals surface area contributed by atoms with Crippen molar-refractivity contribution in [3.05, 3.63) is 89.0 Å². The van der Waals surface area contributed by atoms with Gasteiger partial charge in [0.2, 0.25) is 0 Å². The molecule has 0 bridgehead atoms. The Labute approximate surface area is 291 Å². The van der Waals surface area contributed by atoms with Crippen LogP contribution in [0.5, 0.6) is 5.75 Å². The second-order valence-corrected chi connectivity index (χ2v) is 15.4. The standard InChI is InChI=1S/C38H43F3N4O4S/c1-25(26-11-6-4-7-12-26)42-37(46)35-30-22-34(50(3,47)48)33(49-2)23-32(30)43-36(27-13-10-14-28(21-27)38(39,40)41)31(35)24-44-19-15-29(16-20-44)45-17-8-5-9-18-45/h4,6-7,10-14,21-23,25,29H,5,8-9,15-20,24H2,1-3H3,(H,42,46)/t25-/m0/s1. The molecule has 0 radical (unpaired) electrons. The van der Waals surface area contributed by atoms with Gasteiger partial charge in [-0.3, -0.25) is 9.69 Å². The van der Waals surface area contributed by atoms with Crippen LogP contribution < -0.4 is 10.1 Å². The summed E-state index contributed by atoms with van der Waals surface area (Å²) in [6.45, 7) is 5.74. The van der Waals surface area contributed by atoms with E-state index in [0.29, 0.717) is 11.6 Å².